The highest BCUT2D eigenvalue weighted by Crippen LogP contribution is 2.33. The Hall–Kier alpha value is -12.3. The number of carbonyl (C=O) groups is 2. The molecular formula is C77H89ClN10O21. The van der Waals surface area contributed by atoms with Gasteiger partial charge in [0.15, 0.2) is 34.0 Å². The van der Waals surface area contributed by atoms with Gasteiger partial charge >= 0.3 is 11.9 Å². The van der Waals surface area contributed by atoms with Crippen LogP contribution in [0.3, 0.4) is 0 Å². The number of aromatic nitrogens is 8. The van der Waals surface area contributed by atoms with Gasteiger partial charge in [0, 0.05) is 68.5 Å². The number of halogens is 1. The SMILES string of the molecule is CCOc1noc2cc(O)ccc12.CCOc1noc2cc(OC)ccc12.CCOc1noc2cc(OCCC3CCN(c4ccc(C)nn4)CC3)ccc12.COC(=O)c1ccc(OC)cc1O.COc1ccc(C(=O)OO)c(O)c1.COc1ccc2c(=O)[nH]oc2c1.Cc1ccc(N2CCC(CCCl)CC2)nn1. The molecule has 0 atom stereocenters. The number of phenolic OH excluding ortho intramolecular Hbond substituents is 3. The zero-order valence-corrected chi connectivity index (χ0v) is 62.9. The summed E-state index contributed by atoms with van der Waals surface area (Å²) in [6.45, 7) is 16.2. The summed E-state index contributed by atoms with van der Waals surface area (Å²) >= 11 is 5.77. The molecule has 8 heterocycles. The molecule has 6 aromatic carbocycles. The van der Waals surface area contributed by atoms with Crippen molar-refractivity contribution in [3.8, 4) is 63.6 Å². The van der Waals surface area contributed by atoms with Gasteiger partial charge in [-0.15, -0.1) is 21.8 Å². The van der Waals surface area contributed by atoms with E-state index in [4.69, 9.17) is 78.0 Å². The fourth-order valence-electron chi connectivity index (χ4n) is 11.0. The first-order valence-corrected chi connectivity index (χ1v) is 35.3. The number of fused-ring (bicyclic) bond motifs is 4. The lowest BCUT2D eigenvalue weighted by Gasteiger charge is -2.32. The number of piperidine rings is 2. The minimum atomic E-state index is -1.01. The van der Waals surface area contributed by atoms with Crippen LogP contribution >= 0.6 is 11.6 Å². The molecule has 2 fully saturated rings. The molecule has 0 spiro atoms. The minimum Gasteiger partial charge on any atom is -0.508 e. The van der Waals surface area contributed by atoms with E-state index in [1.54, 1.807) is 56.7 Å². The third-order valence-electron chi connectivity index (χ3n) is 16.9. The third kappa shape index (κ3) is 23.9. The molecule has 0 bridgehead atoms. The summed E-state index contributed by atoms with van der Waals surface area (Å²) in [5.41, 5.74) is 4.12. The first-order chi connectivity index (χ1) is 52.9. The topological polar surface area (TPSA) is 389 Å². The van der Waals surface area contributed by atoms with Crippen LogP contribution in [0.25, 0.3) is 43.9 Å². The standard InChI is InChI=1S/C21H26N4O3.C12H18ClN3.C10H11NO3.C9H9NO3.C9H10O4.C8H7NO3.C8H8O5/c1-3-26-21-18-6-5-17(14-19(18)28-24-21)27-13-10-16-8-11-25(12-9-16)20-7-4-15(2)22-23-20;1-10-2-3-12(15-14-10)16-8-5-11(4-7-13)6-9-16;1-3-13-10-8-5-4-7(12-2)6-9(8)14-11-10;1-2-12-9-7-4-3-6(11)5-8(7)13-10-9;1-12-6-3-4-7(8(10)5-6)9(11)13-2;1-11-5-2-3-6-7(4-5)12-9-8(6)10;1-12-5-2-3-6(7(9)4-5)8(10)13-11/h4-7,14,16H,3,8-13H2,1-2H3;2-3,11H,4-9H2,1H3;4-6H,3H2,1-2H3;3-5,11H,2H2,1H3;3-5,10H,1-2H3;2-4H,1H3,(H,9,10);2-4,9,11H,1H3. The van der Waals surface area contributed by atoms with Crippen molar-refractivity contribution in [2.45, 2.75) is 73.1 Å². The number of esters is 1. The van der Waals surface area contributed by atoms with Crippen molar-refractivity contribution in [3.63, 3.8) is 0 Å². The van der Waals surface area contributed by atoms with Crippen LogP contribution in [-0.2, 0) is 9.62 Å². The molecule has 2 aliphatic heterocycles. The summed E-state index contributed by atoms with van der Waals surface area (Å²) in [4.78, 5) is 40.8. The zero-order chi connectivity index (χ0) is 78.2. The monoisotopic (exact) mass is 1520 g/mol. The predicted molar refractivity (Wildman–Crippen MR) is 405 cm³/mol. The molecule has 32 heteroatoms. The van der Waals surface area contributed by atoms with Gasteiger partial charge in [0.2, 0.25) is 0 Å². The maximum atomic E-state index is 11.0. The molecule has 6 aromatic heterocycles. The van der Waals surface area contributed by atoms with Gasteiger partial charge in [-0.1, -0.05) is 0 Å². The van der Waals surface area contributed by atoms with Gasteiger partial charge in [-0.25, -0.2) is 9.59 Å². The smallest absolute Gasteiger partial charge is 0.376 e. The van der Waals surface area contributed by atoms with Crippen LogP contribution in [0.5, 0.6) is 63.6 Å². The van der Waals surface area contributed by atoms with Crippen molar-refractivity contribution >= 4 is 79.1 Å². The number of H-pyrrole nitrogens is 1. The lowest BCUT2D eigenvalue weighted by molar-refractivity contribution is -0.182. The van der Waals surface area contributed by atoms with Crippen molar-refractivity contribution < 1.29 is 95.8 Å². The molecule has 0 amide bonds. The lowest BCUT2D eigenvalue weighted by atomic mass is 9.94. The van der Waals surface area contributed by atoms with Crippen LogP contribution in [0.2, 0.25) is 0 Å². The number of carbonyl (C=O) groups excluding carboxylic acids is 2. The average Bonchev–Trinajstić information content (AvgIpc) is 1.74. The number of nitrogens with one attached hydrogen (secondary N) is 1. The van der Waals surface area contributed by atoms with E-state index in [0.717, 1.165) is 114 Å². The Morgan fingerprint density at radius 2 is 0.890 bits per heavy atom. The maximum absolute atomic E-state index is 11.0. The fraction of sp³-hybridized carbons (Fsp3) is 0.351. The highest BCUT2D eigenvalue weighted by molar-refractivity contribution is 6.17. The number of nitrogens with zero attached hydrogens (tertiary/aromatic N) is 9. The first kappa shape index (κ1) is 82.4. The third-order valence-corrected chi connectivity index (χ3v) is 17.1. The van der Waals surface area contributed by atoms with Crippen LogP contribution in [0.15, 0.2) is 156 Å². The van der Waals surface area contributed by atoms with E-state index >= 15 is 0 Å². The molecule has 0 radical (unpaired) electrons. The van der Waals surface area contributed by atoms with E-state index in [1.165, 1.54) is 70.6 Å². The number of aromatic hydroxyl groups is 3. The number of ether oxygens (including phenoxy) is 9. The zero-order valence-electron chi connectivity index (χ0n) is 62.1. The number of methoxy groups -OCH3 is 5. The van der Waals surface area contributed by atoms with E-state index in [9.17, 15) is 24.6 Å². The van der Waals surface area contributed by atoms with Gasteiger partial charge < -0.3 is 85.8 Å². The van der Waals surface area contributed by atoms with Crippen molar-refractivity contribution in [1.82, 2.24) is 41.0 Å². The highest BCUT2D eigenvalue weighted by atomic mass is 35.5. The second-order valence-electron chi connectivity index (χ2n) is 24.0. The second kappa shape index (κ2) is 42.2. The van der Waals surface area contributed by atoms with Crippen molar-refractivity contribution in [1.29, 1.82) is 0 Å². The number of alkyl halides is 1. The molecule has 2 saturated heterocycles. The molecule has 2 aliphatic rings. The molecule has 0 unspecified atom stereocenters. The fourth-order valence-corrected chi connectivity index (χ4v) is 11.3. The molecular weight excluding hydrogens is 1440 g/mol. The van der Waals surface area contributed by atoms with Crippen LogP contribution in [0.1, 0.15) is 91.4 Å². The Morgan fingerprint density at radius 1 is 0.486 bits per heavy atom. The minimum absolute atomic E-state index is 0.122. The molecule has 0 aliphatic carbocycles. The second-order valence-corrected chi connectivity index (χ2v) is 24.4. The van der Waals surface area contributed by atoms with Gasteiger partial charge in [0.25, 0.3) is 23.2 Å². The van der Waals surface area contributed by atoms with E-state index in [1.807, 2.05) is 77.1 Å². The van der Waals surface area contributed by atoms with E-state index in [2.05, 4.69) is 72.6 Å². The first-order valence-electron chi connectivity index (χ1n) is 34.8. The molecule has 14 rings (SSSR count). The summed E-state index contributed by atoms with van der Waals surface area (Å²) in [5, 5.41) is 69.3. The number of benzene rings is 6. The van der Waals surface area contributed by atoms with E-state index in [0.29, 0.717) is 95.0 Å². The summed E-state index contributed by atoms with van der Waals surface area (Å²) in [7, 11) is 7.34. The van der Waals surface area contributed by atoms with Gasteiger partial charge in [0.1, 0.15) is 57.1 Å². The number of hydrogen-bond donors (Lipinski definition) is 5. The molecule has 31 nitrogen and oxygen atoms in total. The normalized spacial score (nSPS) is 12.5. The maximum Gasteiger partial charge on any atom is 0.376 e. The van der Waals surface area contributed by atoms with Gasteiger partial charge in [-0.3, -0.25) is 9.68 Å². The summed E-state index contributed by atoms with van der Waals surface area (Å²) in [6.07, 6.45) is 6.95. The van der Waals surface area contributed by atoms with Crippen molar-refractivity contribution in [2.75, 3.05) is 104 Å². The van der Waals surface area contributed by atoms with Gasteiger partial charge in [-0.05, 0) is 198 Å². The number of phenols is 3. The molecule has 5 N–H and O–H groups in total. The van der Waals surface area contributed by atoms with Crippen LogP contribution in [-0.4, -0.2) is 168 Å². The predicted octanol–water partition coefficient (Wildman–Crippen LogP) is 14.2. The number of rotatable bonds is 20. The Labute approximate surface area is 631 Å². The Kier molecular flexibility index (Phi) is 31.9. The Balaban J connectivity index is 0.000000164. The van der Waals surface area contributed by atoms with Crippen molar-refractivity contribution in [2.24, 2.45) is 11.8 Å². The van der Waals surface area contributed by atoms with Gasteiger partial charge in [0.05, 0.1) is 94.9 Å². The molecule has 580 valence electrons. The quantitative estimate of drug-likeness (QED) is 0.0205. The number of hydrogen-bond acceptors (Lipinski definition) is 30. The van der Waals surface area contributed by atoms with E-state index in [-0.39, 0.29) is 33.9 Å². The molecule has 109 heavy (non-hydrogen) atoms. The Morgan fingerprint density at radius 3 is 1.31 bits per heavy atom. The summed E-state index contributed by atoms with van der Waals surface area (Å²) < 4.78 is 66.2. The number of aryl methyl sites for hydroxylation is 2. The number of anilines is 2. The largest absolute Gasteiger partial charge is 0.508 e. The number of aromatic amines is 1. The van der Waals surface area contributed by atoms with Gasteiger partial charge in [-0.2, -0.15) is 20.6 Å². The van der Waals surface area contributed by atoms with E-state index < -0.39 is 11.9 Å². The average molecular weight is 1530 g/mol. The van der Waals surface area contributed by atoms with Crippen LogP contribution < -0.4 is 53.3 Å². The Bertz CT molecular complexity index is 4780. The summed E-state index contributed by atoms with van der Waals surface area (Å²) in [6, 6.07) is 37.6. The molecule has 12 aromatic rings. The van der Waals surface area contributed by atoms with Crippen molar-refractivity contribution in [3.05, 3.63) is 166 Å². The highest BCUT2D eigenvalue weighted by Gasteiger charge is 2.23. The molecule has 0 saturated carbocycles. The van der Waals surface area contributed by atoms with Crippen LogP contribution in [0, 0.1) is 25.7 Å². The lowest BCUT2D eigenvalue weighted by Crippen LogP contribution is -2.34. The van der Waals surface area contributed by atoms with Crippen LogP contribution in [0.4, 0.5) is 11.6 Å². The summed E-state index contributed by atoms with van der Waals surface area (Å²) in [5.74, 6) is 7.03.